The first-order valence-electron chi connectivity index (χ1n) is 7.90. The van der Waals surface area contributed by atoms with Crippen molar-refractivity contribution in [2.45, 2.75) is 13.0 Å². The number of nitrogens with one attached hydrogen (secondary N) is 2. The molecular formula is C17H20N4O5. The van der Waals surface area contributed by atoms with Crippen LogP contribution in [0.3, 0.4) is 0 Å². The van der Waals surface area contributed by atoms with Crippen molar-refractivity contribution in [1.82, 2.24) is 19.8 Å². The van der Waals surface area contributed by atoms with Crippen molar-refractivity contribution in [1.29, 1.82) is 0 Å². The highest BCUT2D eigenvalue weighted by molar-refractivity contribution is 5.91. The summed E-state index contributed by atoms with van der Waals surface area (Å²) in [6.45, 7) is 0.204. The van der Waals surface area contributed by atoms with E-state index in [-0.39, 0.29) is 31.3 Å². The highest BCUT2D eigenvalue weighted by Crippen LogP contribution is 2.01. The summed E-state index contributed by atoms with van der Waals surface area (Å²) in [5, 5.41) is 5.19. The maximum atomic E-state index is 11.8. The molecule has 0 saturated heterocycles. The van der Waals surface area contributed by atoms with E-state index < -0.39 is 11.2 Å². The highest BCUT2D eigenvalue weighted by Gasteiger charge is 2.08. The third-order valence-corrected chi connectivity index (χ3v) is 3.69. The summed E-state index contributed by atoms with van der Waals surface area (Å²) >= 11 is 0. The Morgan fingerprint density at radius 1 is 1.19 bits per heavy atom. The lowest BCUT2D eigenvalue weighted by Crippen LogP contribution is -2.39. The molecule has 0 fully saturated rings. The van der Waals surface area contributed by atoms with Crippen LogP contribution in [0.2, 0.25) is 0 Å². The van der Waals surface area contributed by atoms with Gasteiger partial charge in [-0.25, -0.2) is 4.79 Å². The van der Waals surface area contributed by atoms with E-state index in [4.69, 9.17) is 4.42 Å². The fraction of sp³-hybridized carbons (Fsp3) is 0.294. The van der Waals surface area contributed by atoms with Crippen LogP contribution in [0.4, 0.5) is 0 Å². The van der Waals surface area contributed by atoms with E-state index in [1.54, 1.807) is 12.1 Å². The molecule has 0 aromatic carbocycles. The van der Waals surface area contributed by atoms with Crippen molar-refractivity contribution in [3.05, 3.63) is 62.8 Å². The second-order valence-corrected chi connectivity index (χ2v) is 5.54. The molecule has 2 aromatic heterocycles. The monoisotopic (exact) mass is 360 g/mol. The van der Waals surface area contributed by atoms with Crippen LogP contribution in [0.25, 0.3) is 6.08 Å². The van der Waals surface area contributed by atoms with E-state index in [1.807, 2.05) is 0 Å². The molecule has 2 aromatic rings. The molecule has 0 saturated carbocycles. The van der Waals surface area contributed by atoms with Crippen molar-refractivity contribution >= 4 is 17.9 Å². The van der Waals surface area contributed by atoms with Crippen LogP contribution in [0.5, 0.6) is 0 Å². The molecule has 138 valence electrons. The number of rotatable bonds is 7. The average Bonchev–Trinajstić information content (AvgIpc) is 3.13. The smallest absolute Gasteiger partial charge is 0.330 e. The maximum absolute atomic E-state index is 11.8. The summed E-state index contributed by atoms with van der Waals surface area (Å²) in [7, 11) is 2.91. The Morgan fingerprint density at radius 2 is 1.96 bits per heavy atom. The van der Waals surface area contributed by atoms with Gasteiger partial charge in [-0.3, -0.25) is 23.5 Å². The van der Waals surface area contributed by atoms with Gasteiger partial charge in [0.2, 0.25) is 11.8 Å². The number of nitrogens with zero attached hydrogens (tertiary/aromatic N) is 2. The molecule has 2 amide bonds. The van der Waals surface area contributed by atoms with Crippen LogP contribution in [-0.2, 0) is 30.2 Å². The zero-order chi connectivity index (χ0) is 19.1. The number of carbonyl (C=O) groups excluding carboxylic acids is 2. The minimum Gasteiger partial charge on any atom is -0.465 e. The summed E-state index contributed by atoms with van der Waals surface area (Å²) in [6, 6.07) is 4.71. The van der Waals surface area contributed by atoms with Crippen LogP contribution < -0.4 is 21.9 Å². The van der Waals surface area contributed by atoms with Crippen molar-refractivity contribution in [3.8, 4) is 0 Å². The van der Waals surface area contributed by atoms with Gasteiger partial charge in [-0.05, 0) is 18.2 Å². The van der Waals surface area contributed by atoms with Crippen LogP contribution in [-0.4, -0.2) is 27.5 Å². The molecule has 0 aliphatic heterocycles. The van der Waals surface area contributed by atoms with E-state index in [0.717, 1.165) is 4.57 Å². The molecule has 0 bridgehead atoms. The van der Waals surface area contributed by atoms with Crippen LogP contribution >= 0.6 is 0 Å². The fourth-order valence-corrected chi connectivity index (χ4v) is 2.13. The molecule has 9 heteroatoms. The lowest BCUT2D eigenvalue weighted by Gasteiger charge is -2.10. The Hall–Kier alpha value is -3.36. The summed E-state index contributed by atoms with van der Waals surface area (Å²) in [5.74, 6) is -0.103. The molecule has 0 aliphatic carbocycles. The number of amides is 2. The second-order valence-electron chi connectivity index (χ2n) is 5.54. The summed E-state index contributed by atoms with van der Waals surface area (Å²) in [5.41, 5.74) is -0.498. The maximum Gasteiger partial charge on any atom is 0.330 e. The highest BCUT2D eigenvalue weighted by atomic mass is 16.3. The first kappa shape index (κ1) is 19.0. The first-order valence-corrected chi connectivity index (χ1v) is 7.90. The zero-order valence-corrected chi connectivity index (χ0v) is 14.5. The molecular weight excluding hydrogens is 340 g/mol. The molecule has 0 atom stereocenters. The number of carbonyl (C=O) groups is 2. The minimum atomic E-state index is -0.461. The molecule has 2 rings (SSSR count). The van der Waals surface area contributed by atoms with Gasteiger partial charge in [0, 0.05) is 44.9 Å². The van der Waals surface area contributed by atoms with Gasteiger partial charge in [-0.15, -0.1) is 0 Å². The topological polar surface area (TPSA) is 115 Å². The van der Waals surface area contributed by atoms with Gasteiger partial charge in [0.15, 0.2) is 0 Å². The average molecular weight is 360 g/mol. The molecule has 9 nitrogen and oxygen atoms in total. The fourth-order valence-electron chi connectivity index (χ4n) is 2.13. The van der Waals surface area contributed by atoms with Crippen LogP contribution in [0.15, 0.2) is 44.5 Å². The lowest BCUT2D eigenvalue weighted by atomic mass is 10.3. The quantitative estimate of drug-likeness (QED) is 0.647. The van der Waals surface area contributed by atoms with Crippen molar-refractivity contribution < 1.29 is 14.0 Å². The molecule has 0 radical (unpaired) electrons. The third kappa shape index (κ3) is 5.07. The van der Waals surface area contributed by atoms with E-state index in [2.05, 4.69) is 10.6 Å². The predicted octanol–water partition coefficient (Wildman–Crippen LogP) is -0.487. The number of furan rings is 1. The molecule has 0 spiro atoms. The van der Waals surface area contributed by atoms with Gasteiger partial charge in [-0.1, -0.05) is 0 Å². The molecule has 2 N–H and O–H groups in total. The van der Waals surface area contributed by atoms with E-state index in [0.29, 0.717) is 11.5 Å². The van der Waals surface area contributed by atoms with E-state index >= 15 is 0 Å². The van der Waals surface area contributed by atoms with Gasteiger partial charge in [0.05, 0.1) is 12.8 Å². The largest absolute Gasteiger partial charge is 0.465 e. The second kappa shape index (κ2) is 8.65. The first-order chi connectivity index (χ1) is 12.4. The molecule has 26 heavy (non-hydrogen) atoms. The Morgan fingerprint density at radius 3 is 2.65 bits per heavy atom. The van der Waals surface area contributed by atoms with E-state index in [1.165, 1.54) is 43.1 Å². The predicted molar refractivity (Wildman–Crippen MR) is 94.1 cm³/mol. The van der Waals surface area contributed by atoms with Crippen LogP contribution in [0, 0.1) is 0 Å². The normalized spacial score (nSPS) is 10.8. The van der Waals surface area contributed by atoms with Crippen molar-refractivity contribution in [2.75, 3.05) is 6.54 Å². The van der Waals surface area contributed by atoms with Crippen molar-refractivity contribution in [2.24, 2.45) is 14.1 Å². The molecule has 2 heterocycles. The molecule has 0 aliphatic rings. The Kier molecular flexibility index (Phi) is 6.31. The number of hydrogen-bond acceptors (Lipinski definition) is 5. The van der Waals surface area contributed by atoms with Gasteiger partial charge in [-0.2, -0.15) is 0 Å². The van der Waals surface area contributed by atoms with Gasteiger partial charge < -0.3 is 15.1 Å². The molecule has 0 unspecified atom stereocenters. The van der Waals surface area contributed by atoms with Gasteiger partial charge >= 0.3 is 5.69 Å². The van der Waals surface area contributed by atoms with Crippen molar-refractivity contribution in [3.63, 3.8) is 0 Å². The number of hydrogen-bond donors (Lipinski definition) is 2. The number of aromatic nitrogens is 2. The SMILES string of the molecule is Cn1c(CNC(=O)CCNC(=O)/C=C/c2ccco2)cc(=O)n(C)c1=O. The summed E-state index contributed by atoms with van der Waals surface area (Å²) < 4.78 is 7.33. The Bertz CT molecular complexity index is 922. The minimum absolute atomic E-state index is 0.0486. The van der Waals surface area contributed by atoms with Gasteiger partial charge in [0.1, 0.15) is 5.76 Å². The lowest BCUT2D eigenvalue weighted by molar-refractivity contribution is -0.121. The zero-order valence-electron chi connectivity index (χ0n) is 14.5. The van der Waals surface area contributed by atoms with Crippen LogP contribution in [0.1, 0.15) is 17.9 Å². The van der Waals surface area contributed by atoms with E-state index in [9.17, 15) is 19.2 Å². The summed E-state index contributed by atoms with van der Waals surface area (Å²) in [6.07, 6.45) is 4.40. The Balaban J connectivity index is 1.77. The Labute approximate surface area is 148 Å². The standard InChI is InChI=1S/C17H20N4O5/c1-20-12(10-16(24)21(2)17(20)25)11-19-15(23)7-8-18-14(22)6-5-13-4-3-9-26-13/h3-6,9-10H,7-8,11H2,1-2H3,(H,18,22)(H,19,23)/b6-5+. The third-order valence-electron chi connectivity index (χ3n) is 3.69. The van der Waals surface area contributed by atoms with Gasteiger partial charge in [0.25, 0.3) is 5.56 Å². The summed E-state index contributed by atoms with van der Waals surface area (Å²) in [4.78, 5) is 46.9.